The number of para-hydroxylation sites is 1. The van der Waals surface area contributed by atoms with Crippen molar-refractivity contribution < 1.29 is 9.47 Å². The molecule has 0 bridgehead atoms. The Kier molecular flexibility index (Phi) is 4.92. The molecule has 90 valence electrons. The third-order valence-electron chi connectivity index (χ3n) is 2.26. The quantitative estimate of drug-likeness (QED) is 0.727. The molecule has 1 aromatic rings. The van der Waals surface area contributed by atoms with Crippen LogP contribution in [0.15, 0.2) is 18.2 Å². The maximum Gasteiger partial charge on any atom is 0.143 e. The van der Waals surface area contributed by atoms with Crippen LogP contribution in [0.4, 0.5) is 11.4 Å². The minimum absolute atomic E-state index is 0.217. The molecule has 1 unspecified atom stereocenters. The number of ether oxygens (including phenoxy) is 2. The first-order chi connectivity index (χ1) is 7.69. The van der Waals surface area contributed by atoms with E-state index in [0.717, 1.165) is 12.3 Å². The lowest BCUT2D eigenvalue weighted by molar-refractivity contribution is 0.141. The number of nitrogens with two attached hydrogens (primary N) is 1. The molecule has 0 aliphatic rings. The molecule has 0 aromatic heterocycles. The highest BCUT2D eigenvalue weighted by Gasteiger charge is 2.07. The van der Waals surface area contributed by atoms with Gasteiger partial charge in [-0.1, -0.05) is 6.07 Å². The van der Waals surface area contributed by atoms with Crippen LogP contribution >= 0.6 is 0 Å². The van der Waals surface area contributed by atoms with Crippen molar-refractivity contribution in [2.45, 2.75) is 19.9 Å². The van der Waals surface area contributed by atoms with Gasteiger partial charge in [0.15, 0.2) is 0 Å². The Morgan fingerprint density at radius 3 is 2.81 bits per heavy atom. The second-order valence-electron chi connectivity index (χ2n) is 3.63. The lowest BCUT2D eigenvalue weighted by Gasteiger charge is -2.17. The normalized spacial score (nSPS) is 12.2. The molecule has 0 saturated heterocycles. The summed E-state index contributed by atoms with van der Waals surface area (Å²) in [5.41, 5.74) is 7.46. The Morgan fingerprint density at radius 1 is 1.44 bits per heavy atom. The molecule has 0 amide bonds. The summed E-state index contributed by atoms with van der Waals surface area (Å²) in [6, 6.07) is 5.90. The van der Waals surface area contributed by atoms with Crippen LogP contribution in [0.25, 0.3) is 0 Å². The van der Waals surface area contributed by atoms with Gasteiger partial charge in [-0.25, -0.2) is 0 Å². The highest BCUT2D eigenvalue weighted by molar-refractivity contribution is 5.73. The standard InChI is InChI=1S/C12H20N2O2/c1-4-16-8-9(2)14-10-6-5-7-11(15-3)12(10)13/h5-7,9,14H,4,8,13H2,1-3H3. The molecule has 0 heterocycles. The van der Waals surface area contributed by atoms with Crippen LogP contribution < -0.4 is 15.8 Å². The van der Waals surface area contributed by atoms with Crippen LogP contribution in [0.3, 0.4) is 0 Å². The van der Waals surface area contributed by atoms with Gasteiger partial charge in [-0.2, -0.15) is 0 Å². The van der Waals surface area contributed by atoms with E-state index in [-0.39, 0.29) is 6.04 Å². The maximum absolute atomic E-state index is 5.94. The highest BCUT2D eigenvalue weighted by Crippen LogP contribution is 2.29. The zero-order valence-corrected chi connectivity index (χ0v) is 10.1. The van der Waals surface area contributed by atoms with Crippen LogP contribution in [-0.2, 0) is 4.74 Å². The number of nitrogens with one attached hydrogen (secondary N) is 1. The van der Waals surface area contributed by atoms with E-state index in [2.05, 4.69) is 12.2 Å². The van der Waals surface area contributed by atoms with Gasteiger partial charge in [0.25, 0.3) is 0 Å². The number of benzene rings is 1. The van der Waals surface area contributed by atoms with E-state index in [1.54, 1.807) is 7.11 Å². The van der Waals surface area contributed by atoms with Gasteiger partial charge in [0.2, 0.25) is 0 Å². The molecule has 0 radical (unpaired) electrons. The summed E-state index contributed by atoms with van der Waals surface area (Å²) in [5, 5.41) is 3.29. The van der Waals surface area contributed by atoms with Crippen molar-refractivity contribution in [2.24, 2.45) is 0 Å². The monoisotopic (exact) mass is 224 g/mol. The van der Waals surface area contributed by atoms with Crippen LogP contribution in [0.5, 0.6) is 5.75 Å². The predicted octanol–water partition coefficient (Wildman–Crippen LogP) is 2.11. The highest BCUT2D eigenvalue weighted by atomic mass is 16.5. The number of methoxy groups -OCH3 is 1. The second-order valence-corrected chi connectivity index (χ2v) is 3.63. The molecule has 0 fully saturated rings. The van der Waals surface area contributed by atoms with E-state index >= 15 is 0 Å². The van der Waals surface area contributed by atoms with E-state index in [0.29, 0.717) is 18.0 Å². The molecule has 4 heteroatoms. The number of hydrogen-bond acceptors (Lipinski definition) is 4. The van der Waals surface area contributed by atoms with Gasteiger partial charge < -0.3 is 20.5 Å². The van der Waals surface area contributed by atoms with E-state index in [1.165, 1.54) is 0 Å². The first-order valence-electron chi connectivity index (χ1n) is 5.45. The van der Waals surface area contributed by atoms with Gasteiger partial charge in [0.05, 0.1) is 25.1 Å². The summed E-state index contributed by atoms with van der Waals surface area (Å²) in [6.45, 7) is 5.41. The van der Waals surface area contributed by atoms with Crippen molar-refractivity contribution in [3.8, 4) is 5.75 Å². The topological polar surface area (TPSA) is 56.5 Å². The first-order valence-corrected chi connectivity index (χ1v) is 5.45. The number of nitrogen functional groups attached to an aromatic ring is 1. The number of rotatable bonds is 6. The number of hydrogen-bond donors (Lipinski definition) is 2. The fourth-order valence-corrected chi connectivity index (χ4v) is 1.45. The minimum Gasteiger partial charge on any atom is -0.495 e. The lowest BCUT2D eigenvalue weighted by atomic mass is 10.2. The summed E-state index contributed by atoms with van der Waals surface area (Å²) in [5.74, 6) is 0.689. The second kappa shape index (κ2) is 6.23. The minimum atomic E-state index is 0.217. The first kappa shape index (κ1) is 12.6. The Hall–Kier alpha value is -1.42. The summed E-state index contributed by atoms with van der Waals surface area (Å²) in [6.07, 6.45) is 0. The lowest BCUT2D eigenvalue weighted by Crippen LogP contribution is -2.22. The van der Waals surface area contributed by atoms with Gasteiger partial charge in [-0.3, -0.25) is 0 Å². The van der Waals surface area contributed by atoms with Crippen LogP contribution in [0.2, 0.25) is 0 Å². The smallest absolute Gasteiger partial charge is 0.143 e. The average molecular weight is 224 g/mol. The zero-order chi connectivity index (χ0) is 12.0. The Bertz CT molecular complexity index is 329. The number of anilines is 2. The molecule has 3 N–H and O–H groups in total. The van der Waals surface area contributed by atoms with Gasteiger partial charge >= 0.3 is 0 Å². The Labute approximate surface area is 96.7 Å². The molecule has 1 atom stereocenters. The SMILES string of the molecule is CCOCC(C)Nc1cccc(OC)c1N. The van der Waals surface area contributed by atoms with E-state index in [4.69, 9.17) is 15.2 Å². The summed E-state index contributed by atoms with van der Waals surface area (Å²) in [7, 11) is 1.61. The van der Waals surface area contributed by atoms with Crippen molar-refractivity contribution in [3.05, 3.63) is 18.2 Å². The van der Waals surface area contributed by atoms with Gasteiger partial charge in [0.1, 0.15) is 5.75 Å². The molecule has 1 aromatic carbocycles. The van der Waals surface area contributed by atoms with Crippen LogP contribution in [-0.4, -0.2) is 26.4 Å². The Morgan fingerprint density at radius 2 is 2.19 bits per heavy atom. The van der Waals surface area contributed by atoms with Crippen molar-refractivity contribution in [1.29, 1.82) is 0 Å². The Balaban J connectivity index is 2.66. The summed E-state index contributed by atoms with van der Waals surface area (Å²) < 4.78 is 10.5. The fraction of sp³-hybridized carbons (Fsp3) is 0.500. The van der Waals surface area contributed by atoms with Gasteiger partial charge in [-0.15, -0.1) is 0 Å². The van der Waals surface area contributed by atoms with Crippen molar-refractivity contribution >= 4 is 11.4 Å². The van der Waals surface area contributed by atoms with E-state index in [1.807, 2.05) is 25.1 Å². The van der Waals surface area contributed by atoms with Crippen LogP contribution in [0.1, 0.15) is 13.8 Å². The molecule has 16 heavy (non-hydrogen) atoms. The molecule has 0 saturated carbocycles. The fourth-order valence-electron chi connectivity index (χ4n) is 1.45. The third-order valence-corrected chi connectivity index (χ3v) is 2.26. The molecule has 0 aliphatic carbocycles. The zero-order valence-electron chi connectivity index (χ0n) is 10.1. The van der Waals surface area contributed by atoms with E-state index in [9.17, 15) is 0 Å². The molecular formula is C12H20N2O2. The molecule has 0 aliphatic heterocycles. The van der Waals surface area contributed by atoms with Gasteiger partial charge in [-0.05, 0) is 26.0 Å². The predicted molar refractivity (Wildman–Crippen MR) is 67.0 cm³/mol. The maximum atomic E-state index is 5.94. The average Bonchev–Trinajstić information content (AvgIpc) is 2.29. The van der Waals surface area contributed by atoms with Crippen molar-refractivity contribution in [1.82, 2.24) is 0 Å². The largest absolute Gasteiger partial charge is 0.495 e. The molecular weight excluding hydrogens is 204 g/mol. The summed E-state index contributed by atoms with van der Waals surface area (Å²) >= 11 is 0. The molecule has 1 rings (SSSR count). The summed E-state index contributed by atoms with van der Waals surface area (Å²) in [4.78, 5) is 0. The van der Waals surface area contributed by atoms with Crippen molar-refractivity contribution in [3.63, 3.8) is 0 Å². The van der Waals surface area contributed by atoms with Crippen LogP contribution in [0, 0.1) is 0 Å². The van der Waals surface area contributed by atoms with Crippen molar-refractivity contribution in [2.75, 3.05) is 31.4 Å². The van der Waals surface area contributed by atoms with E-state index < -0.39 is 0 Å². The molecule has 4 nitrogen and oxygen atoms in total. The van der Waals surface area contributed by atoms with Gasteiger partial charge in [0, 0.05) is 12.6 Å². The molecule has 0 spiro atoms. The third kappa shape index (κ3) is 3.31.